The summed E-state index contributed by atoms with van der Waals surface area (Å²) in [6.07, 6.45) is 1.42. The van der Waals surface area contributed by atoms with Crippen molar-refractivity contribution in [3.63, 3.8) is 0 Å². The van der Waals surface area contributed by atoms with Gasteiger partial charge < -0.3 is 15.5 Å². The predicted octanol–water partition coefficient (Wildman–Crippen LogP) is 1.37. The average molecular weight is 294 g/mol. The lowest BCUT2D eigenvalue weighted by atomic mass is 10.1. The lowest BCUT2D eigenvalue weighted by Crippen LogP contribution is -2.53. The Bertz CT molecular complexity index is 576. The molecule has 1 aromatic rings. The highest BCUT2D eigenvalue weighted by molar-refractivity contribution is 6.36. The third-order valence-electron chi connectivity index (χ3n) is 4.04. The summed E-state index contributed by atoms with van der Waals surface area (Å²) in [4.78, 5) is 27.8. The van der Waals surface area contributed by atoms with Gasteiger partial charge in [0.05, 0.1) is 16.3 Å². The van der Waals surface area contributed by atoms with Crippen molar-refractivity contribution in [2.75, 3.05) is 25.4 Å². The molecule has 2 heterocycles. The molecule has 2 aliphatic rings. The van der Waals surface area contributed by atoms with Crippen LogP contribution in [-0.4, -0.2) is 47.3 Å². The first-order chi connectivity index (χ1) is 9.58. The molecule has 106 valence electrons. The Kier molecular flexibility index (Phi) is 3.30. The van der Waals surface area contributed by atoms with Gasteiger partial charge in [0.25, 0.3) is 5.91 Å². The van der Waals surface area contributed by atoms with Gasteiger partial charge >= 0.3 is 0 Å². The third-order valence-corrected chi connectivity index (χ3v) is 4.46. The molecule has 1 atom stereocenters. The number of benzene rings is 1. The number of hydrogen-bond donors (Lipinski definition) is 1. The van der Waals surface area contributed by atoms with E-state index >= 15 is 0 Å². The maximum absolute atomic E-state index is 12.5. The standard InChI is InChI=1S/C14H16ClN3O2/c15-13-10(2-1-3-11(13)16)14(20)17-6-7-18-9(8-17)4-5-12(18)19/h1-3,9H,4-8,16H2. The maximum atomic E-state index is 12.5. The zero-order valence-electron chi connectivity index (χ0n) is 11.0. The lowest BCUT2D eigenvalue weighted by Gasteiger charge is -2.37. The second kappa shape index (κ2) is 4.98. The summed E-state index contributed by atoms with van der Waals surface area (Å²) in [6.45, 7) is 1.73. The minimum atomic E-state index is -0.110. The first kappa shape index (κ1) is 13.2. The van der Waals surface area contributed by atoms with Crippen LogP contribution in [0.15, 0.2) is 18.2 Å². The van der Waals surface area contributed by atoms with E-state index in [-0.39, 0.29) is 17.9 Å². The Morgan fingerprint density at radius 1 is 1.35 bits per heavy atom. The van der Waals surface area contributed by atoms with Gasteiger partial charge in [0.2, 0.25) is 5.91 Å². The molecule has 2 fully saturated rings. The van der Waals surface area contributed by atoms with E-state index in [2.05, 4.69) is 0 Å². The fraction of sp³-hybridized carbons (Fsp3) is 0.429. The smallest absolute Gasteiger partial charge is 0.255 e. The summed E-state index contributed by atoms with van der Waals surface area (Å²) in [5.41, 5.74) is 6.58. The number of fused-ring (bicyclic) bond motifs is 1. The van der Waals surface area contributed by atoms with Crippen LogP contribution in [0.1, 0.15) is 23.2 Å². The van der Waals surface area contributed by atoms with Gasteiger partial charge in [0, 0.05) is 32.1 Å². The zero-order chi connectivity index (χ0) is 14.3. The van der Waals surface area contributed by atoms with E-state index in [1.165, 1.54) is 0 Å². The summed E-state index contributed by atoms with van der Waals surface area (Å²) in [5, 5.41) is 0.308. The van der Waals surface area contributed by atoms with E-state index in [0.717, 1.165) is 6.42 Å². The van der Waals surface area contributed by atoms with Crippen LogP contribution in [0.2, 0.25) is 5.02 Å². The van der Waals surface area contributed by atoms with Gasteiger partial charge in [0.1, 0.15) is 0 Å². The van der Waals surface area contributed by atoms with E-state index in [4.69, 9.17) is 17.3 Å². The molecular formula is C14H16ClN3O2. The molecule has 3 rings (SSSR count). The highest BCUT2D eigenvalue weighted by Crippen LogP contribution is 2.27. The normalized spacial score (nSPS) is 22.1. The molecule has 2 amide bonds. The van der Waals surface area contributed by atoms with Crippen molar-refractivity contribution < 1.29 is 9.59 Å². The molecule has 0 spiro atoms. The molecule has 0 aromatic heterocycles. The van der Waals surface area contributed by atoms with Crippen LogP contribution in [0.5, 0.6) is 0 Å². The van der Waals surface area contributed by atoms with Crippen molar-refractivity contribution >= 4 is 29.1 Å². The van der Waals surface area contributed by atoms with Crippen LogP contribution in [0.25, 0.3) is 0 Å². The van der Waals surface area contributed by atoms with E-state index < -0.39 is 0 Å². The first-order valence-electron chi connectivity index (χ1n) is 6.70. The number of nitrogens with zero attached hydrogens (tertiary/aromatic N) is 2. The number of amides is 2. The number of anilines is 1. The third kappa shape index (κ3) is 2.12. The number of piperazine rings is 1. The molecule has 0 radical (unpaired) electrons. The van der Waals surface area contributed by atoms with Crippen LogP contribution >= 0.6 is 11.6 Å². The summed E-state index contributed by atoms with van der Waals surface area (Å²) >= 11 is 6.10. The molecule has 6 heteroatoms. The van der Waals surface area contributed by atoms with Gasteiger partial charge in [-0.1, -0.05) is 17.7 Å². The zero-order valence-corrected chi connectivity index (χ0v) is 11.8. The van der Waals surface area contributed by atoms with Crippen molar-refractivity contribution in [3.05, 3.63) is 28.8 Å². The molecule has 2 aliphatic heterocycles. The maximum Gasteiger partial charge on any atom is 0.255 e. The SMILES string of the molecule is Nc1cccc(C(=O)N2CCN3C(=O)CCC3C2)c1Cl. The fourth-order valence-electron chi connectivity index (χ4n) is 2.93. The van der Waals surface area contributed by atoms with E-state index in [1.807, 2.05) is 4.90 Å². The number of carbonyl (C=O) groups is 2. The van der Waals surface area contributed by atoms with Crippen molar-refractivity contribution in [2.24, 2.45) is 0 Å². The van der Waals surface area contributed by atoms with E-state index in [1.54, 1.807) is 23.1 Å². The van der Waals surface area contributed by atoms with Gasteiger partial charge in [-0.15, -0.1) is 0 Å². The number of rotatable bonds is 1. The number of nitrogen functional groups attached to an aromatic ring is 1. The van der Waals surface area contributed by atoms with Crippen molar-refractivity contribution in [1.29, 1.82) is 0 Å². The summed E-state index contributed by atoms with van der Waals surface area (Å²) in [5.74, 6) is 0.0883. The second-order valence-electron chi connectivity index (χ2n) is 5.24. The molecule has 0 saturated carbocycles. The Morgan fingerprint density at radius 2 is 2.15 bits per heavy atom. The molecule has 0 bridgehead atoms. The largest absolute Gasteiger partial charge is 0.398 e. The van der Waals surface area contributed by atoms with E-state index in [0.29, 0.717) is 42.3 Å². The number of carbonyl (C=O) groups excluding carboxylic acids is 2. The van der Waals surface area contributed by atoms with Crippen molar-refractivity contribution in [1.82, 2.24) is 9.80 Å². The van der Waals surface area contributed by atoms with Crippen LogP contribution in [0.4, 0.5) is 5.69 Å². The minimum absolute atomic E-state index is 0.110. The highest BCUT2D eigenvalue weighted by atomic mass is 35.5. The number of halogens is 1. The summed E-state index contributed by atoms with van der Waals surface area (Å²) in [6, 6.07) is 5.24. The molecule has 1 aromatic carbocycles. The molecular weight excluding hydrogens is 278 g/mol. The molecule has 20 heavy (non-hydrogen) atoms. The fourth-order valence-corrected chi connectivity index (χ4v) is 3.14. The Labute approximate surface area is 122 Å². The lowest BCUT2D eigenvalue weighted by molar-refractivity contribution is -0.130. The minimum Gasteiger partial charge on any atom is -0.398 e. The average Bonchev–Trinajstić information content (AvgIpc) is 2.82. The summed E-state index contributed by atoms with van der Waals surface area (Å²) < 4.78 is 0. The molecule has 5 nitrogen and oxygen atoms in total. The van der Waals surface area contributed by atoms with Crippen LogP contribution in [-0.2, 0) is 4.79 Å². The van der Waals surface area contributed by atoms with Crippen LogP contribution in [0, 0.1) is 0 Å². The van der Waals surface area contributed by atoms with Gasteiger partial charge in [-0.05, 0) is 18.6 Å². The molecule has 0 aliphatic carbocycles. The first-order valence-corrected chi connectivity index (χ1v) is 7.08. The van der Waals surface area contributed by atoms with Crippen LogP contribution in [0.3, 0.4) is 0 Å². The molecule has 1 unspecified atom stereocenters. The topological polar surface area (TPSA) is 66.6 Å². The predicted molar refractivity (Wildman–Crippen MR) is 76.5 cm³/mol. The summed E-state index contributed by atoms with van der Waals surface area (Å²) in [7, 11) is 0. The van der Waals surface area contributed by atoms with Gasteiger partial charge in [-0.25, -0.2) is 0 Å². The quantitative estimate of drug-likeness (QED) is 0.795. The molecule has 2 saturated heterocycles. The van der Waals surface area contributed by atoms with Gasteiger partial charge in [-0.3, -0.25) is 9.59 Å². The van der Waals surface area contributed by atoms with Gasteiger partial charge in [-0.2, -0.15) is 0 Å². The van der Waals surface area contributed by atoms with Crippen molar-refractivity contribution in [3.8, 4) is 0 Å². The highest BCUT2D eigenvalue weighted by Gasteiger charge is 2.37. The van der Waals surface area contributed by atoms with Gasteiger partial charge in [0.15, 0.2) is 0 Å². The van der Waals surface area contributed by atoms with Crippen LogP contribution < -0.4 is 5.73 Å². The Hall–Kier alpha value is -1.75. The van der Waals surface area contributed by atoms with Crippen molar-refractivity contribution in [2.45, 2.75) is 18.9 Å². The second-order valence-corrected chi connectivity index (χ2v) is 5.62. The Balaban J connectivity index is 1.79. The Morgan fingerprint density at radius 3 is 2.95 bits per heavy atom. The molecule has 2 N–H and O–H groups in total. The monoisotopic (exact) mass is 293 g/mol. The van der Waals surface area contributed by atoms with E-state index in [9.17, 15) is 9.59 Å². The number of nitrogens with two attached hydrogens (primary N) is 1. The number of hydrogen-bond acceptors (Lipinski definition) is 3.